The van der Waals surface area contributed by atoms with Gasteiger partial charge in [-0.2, -0.15) is 0 Å². The summed E-state index contributed by atoms with van der Waals surface area (Å²) in [4.78, 5) is 36.3. The Bertz CT molecular complexity index is 1190. The van der Waals surface area contributed by atoms with E-state index in [0.717, 1.165) is 20.1 Å². The number of nitrogens with one attached hydrogen (secondary N) is 1. The third-order valence-corrected chi connectivity index (χ3v) is 6.46. The second-order valence-electron chi connectivity index (χ2n) is 6.35. The zero-order chi connectivity index (χ0) is 19.7. The number of thiophene rings is 2. The van der Waals surface area contributed by atoms with Gasteiger partial charge in [-0.15, -0.1) is 22.7 Å². The zero-order valence-corrected chi connectivity index (χ0v) is 17.0. The first-order chi connectivity index (χ1) is 13.5. The summed E-state index contributed by atoms with van der Waals surface area (Å²) < 4.78 is 6.93. The second kappa shape index (κ2) is 7.69. The molecular weight excluding hydrogens is 396 g/mol. The van der Waals surface area contributed by atoms with Crippen LogP contribution in [0, 0.1) is 13.8 Å². The average Bonchev–Trinajstić information content (AvgIpc) is 3.41. The van der Waals surface area contributed by atoms with Crippen molar-refractivity contribution < 1.29 is 9.21 Å². The van der Waals surface area contributed by atoms with Gasteiger partial charge >= 0.3 is 0 Å². The van der Waals surface area contributed by atoms with Crippen LogP contribution in [0.3, 0.4) is 0 Å². The molecule has 7 nitrogen and oxygen atoms in total. The highest BCUT2D eigenvalue weighted by molar-refractivity contribution is 7.18. The van der Waals surface area contributed by atoms with E-state index in [1.807, 2.05) is 31.4 Å². The Balaban J connectivity index is 1.36. The summed E-state index contributed by atoms with van der Waals surface area (Å²) in [5.74, 6) is 0.387. The fourth-order valence-corrected chi connectivity index (χ4v) is 4.47. The topological polar surface area (TPSA) is 90.0 Å². The van der Waals surface area contributed by atoms with Gasteiger partial charge < -0.3 is 9.73 Å². The molecule has 4 heterocycles. The summed E-state index contributed by atoms with van der Waals surface area (Å²) >= 11 is 3.06. The molecule has 9 heteroatoms. The van der Waals surface area contributed by atoms with E-state index in [1.54, 1.807) is 17.6 Å². The van der Waals surface area contributed by atoms with Crippen LogP contribution in [0.15, 0.2) is 39.3 Å². The van der Waals surface area contributed by atoms with Gasteiger partial charge in [0.2, 0.25) is 11.8 Å². The van der Waals surface area contributed by atoms with Crippen LogP contribution in [0.25, 0.3) is 21.0 Å². The maximum atomic E-state index is 12.6. The Hall–Kier alpha value is -2.78. The molecule has 4 aromatic rings. The quantitative estimate of drug-likeness (QED) is 0.522. The molecule has 0 radical (unpaired) electrons. The molecule has 1 amide bonds. The summed E-state index contributed by atoms with van der Waals surface area (Å²) in [6, 6.07) is 3.86. The van der Waals surface area contributed by atoms with Crippen molar-refractivity contribution in [3.63, 3.8) is 0 Å². The second-order valence-corrected chi connectivity index (χ2v) is 8.51. The van der Waals surface area contributed by atoms with Crippen LogP contribution in [0.5, 0.6) is 0 Å². The monoisotopic (exact) mass is 414 g/mol. The third-order valence-electron chi connectivity index (χ3n) is 4.49. The average molecular weight is 415 g/mol. The maximum Gasteiger partial charge on any atom is 0.262 e. The summed E-state index contributed by atoms with van der Waals surface area (Å²) in [6.45, 7) is 4.47. The molecule has 0 aromatic carbocycles. The predicted octanol–water partition coefficient (Wildman–Crippen LogP) is 3.50. The Morgan fingerprint density at radius 1 is 1.36 bits per heavy atom. The number of aryl methyl sites for hydroxylation is 3. The molecule has 4 aromatic heterocycles. The van der Waals surface area contributed by atoms with E-state index in [-0.39, 0.29) is 31.0 Å². The minimum Gasteiger partial charge on any atom is -0.443 e. The molecule has 0 fully saturated rings. The van der Waals surface area contributed by atoms with Crippen LogP contribution in [0.1, 0.15) is 22.6 Å². The van der Waals surface area contributed by atoms with Gasteiger partial charge in [-0.25, -0.2) is 9.97 Å². The van der Waals surface area contributed by atoms with E-state index in [9.17, 15) is 9.59 Å². The normalized spacial score (nSPS) is 11.2. The highest BCUT2D eigenvalue weighted by Crippen LogP contribution is 2.25. The summed E-state index contributed by atoms with van der Waals surface area (Å²) in [5, 5.41) is 5.41. The number of hydrogen-bond donors (Lipinski definition) is 1. The predicted molar refractivity (Wildman–Crippen MR) is 110 cm³/mol. The van der Waals surface area contributed by atoms with Gasteiger partial charge in [0.1, 0.15) is 11.1 Å². The molecule has 144 valence electrons. The standard InChI is InChI=1S/C19H18N4O3S2/c1-11-12(2)28-18-16(11)19(25)23(10-21-18)6-5-15(24)20-8-13-9-26-17(22-13)14-4-3-7-27-14/h3-4,7,9-10H,5-6,8H2,1-2H3,(H,20,24). The lowest BCUT2D eigenvalue weighted by atomic mass is 10.2. The highest BCUT2D eigenvalue weighted by Gasteiger charge is 2.13. The van der Waals surface area contributed by atoms with E-state index in [0.29, 0.717) is 17.0 Å². The molecule has 0 aliphatic carbocycles. The number of amides is 1. The molecule has 0 saturated carbocycles. The minimum atomic E-state index is -0.161. The van der Waals surface area contributed by atoms with Gasteiger partial charge in [0, 0.05) is 17.8 Å². The molecular formula is C19H18N4O3S2. The van der Waals surface area contributed by atoms with E-state index in [2.05, 4.69) is 15.3 Å². The van der Waals surface area contributed by atoms with Crippen molar-refractivity contribution in [1.29, 1.82) is 0 Å². The first-order valence-electron chi connectivity index (χ1n) is 8.73. The molecule has 0 aliphatic rings. The van der Waals surface area contributed by atoms with Gasteiger partial charge in [0.15, 0.2) is 0 Å². The van der Waals surface area contributed by atoms with Crippen LogP contribution < -0.4 is 10.9 Å². The zero-order valence-electron chi connectivity index (χ0n) is 15.4. The van der Waals surface area contributed by atoms with Crippen molar-refractivity contribution in [2.24, 2.45) is 0 Å². The number of hydrogen-bond acceptors (Lipinski definition) is 7. The Morgan fingerprint density at radius 3 is 3.00 bits per heavy atom. The van der Waals surface area contributed by atoms with Crippen molar-refractivity contribution in [2.45, 2.75) is 33.4 Å². The van der Waals surface area contributed by atoms with Gasteiger partial charge in [0.25, 0.3) is 5.56 Å². The molecule has 4 rings (SSSR count). The summed E-state index contributed by atoms with van der Waals surface area (Å²) in [7, 11) is 0. The number of nitrogens with zero attached hydrogens (tertiary/aromatic N) is 3. The van der Waals surface area contributed by atoms with Crippen molar-refractivity contribution >= 4 is 38.8 Å². The molecule has 0 bridgehead atoms. The molecule has 1 N–H and O–H groups in total. The van der Waals surface area contributed by atoms with Crippen molar-refractivity contribution in [1.82, 2.24) is 19.9 Å². The van der Waals surface area contributed by atoms with E-state index in [4.69, 9.17) is 4.42 Å². The van der Waals surface area contributed by atoms with Crippen LogP contribution >= 0.6 is 22.7 Å². The molecule has 0 saturated heterocycles. The maximum absolute atomic E-state index is 12.6. The molecule has 0 spiro atoms. The molecule has 0 atom stereocenters. The first kappa shape index (κ1) is 18.6. The smallest absolute Gasteiger partial charge is 0.262 e. The van der Waals surface area contributed by atoms with Crippen LogP contribution in [0.4, 0.5) is 0 Å². The number of oxazole rings is 1. The van der Waals surface area contributed by atoms with Crippen LogP contribution in [0.2, 0.25) is 0 Å². The largest absolute Gasteiger partial charge is 0.443 e. The number of carbonyl (C=O) groups excluding carboxylic acids is 1. The van der Waals surface area contributed by atoms with E-state index >= 15 is 0 Å². The SMILES string of the molecule is Cc1sc2ncn(CCC(=O)NCc3coc(-c4cccs4)n3)c(=O)c2c1C. The third kappa shape index (κ3) is 3.63. The molecule has 28 heavy (non-hydrogen) atoms. The molecule has 0 aliphatic heterocycles. The Labute approximate surface area is 168 Å². The van der Waals surface area contributed by atoms with Gasteiger partial charge in [-0.1, -0.05) is 6.07 Å². The fourth-order valence-electron chi connectivity index (χ4n) is 2.83. The lowest BCUT2D eigenvalue weighted by Crippen LogP contribution is -2.27. The van der Waals surface area contributed by atoms with E-state index in [1.165, 1.54) is 22.2 Å². The van der Waals surface area contributed by atoms with Crippen molar-refractivity contribution in [3.05, 3.63) is 56.6 Å². The number of fused-ring (bicyclic) bond motifs is 1. The van der Waals surface area contributed by atoms with Gasteiger partial charge in [-0.05, 0) is 30.9 Å². The van der Waals surface area contributed by atoms with E-state index < -0.39 is 0 Å². The van der Waals surface area contributed by atoms with Gasteiger partial charge in [0.05, 0.1) is 28.8 Å². The first-order valence-corrected chi connectivity index (χ1v) is 10.4. The Morgan fingerprint density at radius 2 is 2.21 bits per heavy atom. The number of carbonyl (C=O) groups is 1. The van der Waals surface area contributed by atoms with Gasteiger partial charge in [-0.3, -0.25) is 14.2 Å². The van der Waals surface area contributed by atoms with Crippen LogP contribution in [-0.2, 0) is 17.9 Å². The highest BCUT2D eigenvalue weighted by atomic mass is 32.1. The van der Waals surface area contributed by atoms with Crippen LogP contribution in [-0.4, -0.2) is 20.4 Å². The summed E-state index contributed by atoms with van der Waals surface area (Å²) in [6.07, 6.45) is 3.24. The number of aromatic nitrogens is 3. The lowest BCUT2D eigenvalue weighted by Gasteiger charge is -2.06. The minimum absolute atomic E-state index is 0.100. The lowest BCUT2D eigenvalue weighted by molar-refractivity contribution is -0.121. The van der Waals surface area contributed by atoms with Crippen molar-refractivity contribution in [2.75, 3.05) is 0 Å². The number of rotatable bonds is 6. The fraction of sp³-hybridized carbons (Fsp3) is 0.263. The Kier molecular flexibility index (Phi) is 5.10. The summed E-state index contributed by atoms with van der Waals surface area (Å²) in [5.41, 5.74) is 1.52. The van der Waals surface area contributed by atoms with Crippen molar-refractivity contribution in [3.8, 4) is 10.8 Å². The molecule has 0 unspecified atom stereocenters.